The molecule has 1 amide bonds. The number of H-pyrrole nitrogens is 1. The van der Waals surface area contributed by atoms with Gasteiger partial charge in [-0.15, -0.1) is 0 Å². The Bertz CT molecular complexity index is 655. The number of carbonyl (C=O) groups is 2. The highest BCUT2D eigenvalue weighted by molar-refractivity contribution is 5.95. The third-order valence-electron chi connectivity index (χ3n) is 2.56. The van der Waals surface area contributed by atoms with Gasteiger partial charge >= 0.3 is 5.97 Å². The molecule has 2 N–H and O–H groups in total. The molecule has 2 aromatic rings. The van der Waals surface area contributed by atoms with Gasteiger partial charge in [0.25, 0.3) is 0 Å². The van der Waals surface area contributed by atoms with E-state index in [1.807, 2.05) is 20.8 Å². The summed E-state index contributed by atoms with van der Waals surface area (Å²) in [5.41, 5.74) is 0.818. The number of fused-ring (bicyclic) bond motifs is 1. The summed E-state index contributed by atoms with van der Waals surface area (Å²) in [4.78, 5) is 30.3. The molecule has 0 fully saturated rings. The minimum Gasteiger partial charge on any atom is -0.477 e. The second-order valence-corrected chi connectivity index (χ2v) is 5.39. The second-order valence-electron chi connectivity index (χ2n) is 5.39. The number of carboxylic acids is 1. The van der Waals surface area contributed by atoms with Crippen LogP contribution in [0.1, 0.15) is 31.3 Å². The monoisotopic (exact) mass is 276 g/mol. The Morgan fingerprint density at radius 3 is 2.60 bits per heavy atom. The number of carbonyl (C=O) groups excluding carboxylic acids is 1. The Morgan fingerprint density at radius 1 is 1.35 bits per heavy atom. The zero-order valence-electron chi connectivity index (χ0n) is 11.5. The summed E-state index contributed by atoms with van der Waals surface area (Å²) in [5, 5.41) is 10.8. The average Bonchev–Trinajstić information content (AvgIpc) is 2.77. The van der Waals surface area contributed by atoms with E-state index in [1.165, 1.54) is 6.07 Å². The van der Waals surface area contributed by atoms with Crippen LogP contribution in [0.3, 0.4) is 0 Å². The summed E-state index contributed by atoms with van der Waals surface area (Å²) in [6, 6.07) is 6.60. The molecule has 0 aliphatic rings. The van der Waals surface area contributed by atoms with Crippen molar-refractivity contribution >= 4 is 29.0 Å². The van der Waals surface area contributed by atoms with E-state index in [0.717, 1.165) is 5.06 Å². The second kappa shape index (κ2) is 4.97. The van der Waals surface area contributed by atoms with E-state index in [0.29, 0.717) is 23.0 Å². The number of benzene rings is 1. The van der Waals surface area contributed by atoms with E-state index in [9.17, 15) is 9.59 Å². The zero-order chi connectivity index (χ0) is 14.9. The maximum atomic E-state index is 11.1. The van der Waals surface area contributed by atoms with Gasteiger partial charge in [0, 0.05) is 10.9 Å². The standard InChI is InChI=1S/C14H16N2O4/c1-14(2,3)20-16(8-17)10-4-5-11-9(6-10)7-12(15-11)13(18)19/h4-8,15H,1-3H3,(H,18,19). The van der Waals surface area contributed by atoms with Crippen LogP contribution < -0.4 is 5.06 Å². The zero-order valence-corrected chi connectivity index (χ0v) is 11.5. The molecular weight excluding hydrogens is 260 g/mol. The third kappa shape index (κ3) is 2.97. The van der Waals surface area contributed by atoms with Crippen LogP contribution in [0.15, 0.2) is 24.3 Å². The number of anilines is 1. The lowest BCUT2D eigenvalue weighted by Gasteiger charge is -2.26. The SMILES string of the molecule is CC(C)(C)ON(C=O)c1ccc2[nH]c(C(=O)O)cc2c1. The lowest BCUT2D eigenvalue weighted by atomic mass is 10.2. The third-order valence-corrected chi connectivity index (χ3v) is 2.56. The molecular formula is C14H16N2O4. The Hall–Kier alpha value is -2.34. The van der Waals surface area contributed by atoms with Crippen molar-refractivity contribution < 1.29 is 19.5 Å². The number of aromatic amines is 1. The average molecular weight is 276 g/mol. The number of hydrogen-bond acceptors (Lipinski definition) is 3. The topological polar surface area (TPSA) is 82.6 Å². The maximum Gasteiger partial charge on any atom is 0.352 e. The normalized spacial score (nSPS) is 11.6. The first-order valence-electron chi connectivity index (χ1n) is 6.10. The Kier molecular flexibility index (Phi) is 3.50. The van der Waals surface area contributed by atoms with Gasteiger partial charge in [0.05, 0.1) is 11.3 Å². The van der Waals surface area contributed by atoms with Crippen molar-refractivity contribution in [1.29, 1.82) is 0 Å². The summed E-state index contributed by atoms with van der Waals surface area (Å²) in [6.45, 7) is 5.50. The number of aromatic nitrogens is 1. The molecule has 0 unspecified atom stereocenters. The van der Waals surface area contributed by atoms with Crippen LogP contribution in [0, 0.1) is 0 Å². The van der Waals surface area contributed by atoms with Gasteiger partial charge in [-0.05, 0) is 45.0 Å². The molecule has 1 heterocycles. The maximum absolute atomic E-state index is 11.1. The van der Waals surface area contributed by atoms with Gasteiger partial charge in [-0.25, -0.2) is 4.79 Å². The number of rotatable bonds is 4. The first-order chi connectivity index (χ1) is 9.30. The Morgan fingerprint density at radius 2 is 2.05 bits per heavy atom. The van der Waals surface area contributed by atoms with E-state index >= 15 is 0 Å². The molecule has 0 saturated heterocycles. The molecule has 0 atom stereocenters. The summed E-state index contributed by atoms with van der Waals surface area (Å²) in [5.74, 6) is -1.03. The largest absolute Gasteiger partial charge is 0.477 e. The number of nitrogens with zero attached hydrogens (tertiary/aromatic N) is 1. The summed E-state index contributed by atoms with van der Waals surface area (Å²) < 4.78 is 0. The van der Waals surface area contributed by atoms with Crippen LogP contribution in [0.5, 0.6) is 0 Å². The van der Waals surface area contributed by atoms with Gasteiger partial charge in [0.1, 0.15) is 5.69 Å². The number of hydrogen-bond donors (Lipinski definition) is 2. The summed E-state index contributed by atoms with van der Waals surface area (Å²) >= 11 is 0. The van der Waals surface area contributed by atoms with Gasteiger partial charge < -0.3 is 10.1 Å². The fourth-order valence-corrected chi connectivity index (χ4v) is 1.80. The highest BCUT2D eigenvalue weighted by Gasteiger charge is 2.18. The Balaban J connectivity index is 2.39. The van der Waals surface area contributed by atoms with Crippen molar-refractivity contribution in [3.63, 3.8) is 0 Å². The number of carboxylic acid groups (broad SMARTS) is 1. The summed E-state index contributed by atoms with van der Waals surface area (Å²) in [6.07, 6.45) is 0.581. The van der Waals surface area contributed by atoms with Gasteiger partial charge in [-0.2, -0.15) is 5.06 Å². The molecule has 20 heavy (non-hydrogen) atoms. The number of amides is 1. The molecule has 0 radical (unpaired) electrons. The van der Waals surface area contributed by atoms with Crippen molar-refractivity contribution in [2.24, 2.45) is 0 Å². The van der Waals surface area contributed by atoms with Crippen molar-refractivity contribution in [3.05, 3.63) is 30.0 Å². The molecule has 0 aliphatic carbocycles. The minimum absolute atomic E-state index is 0.103. The first-order valence-corrected chi connectivity index (χ1v) is 6.10. The van der Waals surface area contributed by atoms with Gasteiger partial charge in [0.2, 0.25) is 6.41 Å². The van der Waals surface area contributed by atoms with Crippen LogP contribution in [0.4, 0.5) is 5.69 Å². The van der Waals surface area contributed by atoms with Gasteiger partial charge in [-0.3, -0.25) is 9.63 Å². The number of hydroxylamine groups is 1. The van der Waals surface area contributed by atoms with Crippen molar-refractivity contribution in [1.82, 2.24) is 4.98 Å². The molecule has 106 valence electrons. The smallest absolute Gasteiger partial charge is 0.352 e. The van der Waals surface area contributed by atoms with Crippen LogP contribution in [-0.2, 0) is 9.63 Å². The van der Waals surface area contributed by atoms with Crippen LogP contribution in [0.25, 0.3) is 10.9 Å². The summed E-state index contributed by atoms with van der Waals surface area (Å²) in [7, 11) is 0. The quantitative estimate of drug-likeness (QED) is 0.664. The highest BCUT2D eigenvalue weighted by Crippen LogP contribution is 2.24. The lowest BCUT2D eigenvalue weighted by molar-refractivity contribution is -0.120. The predicted molar refractivity (Wildman–Crippen MR) is 74.6 cm³/mol. The van der Waals surface area contributed by atoms with Crippen molar-refractivity contribution in [2.45, 2.75) is 26.4 Å². The first kappa shape index (κ1) is 14.1. The molecule has 0 bridgehead atoms. The van der Waals surface area contributed by atoms with Gasteiger partial charge in [-0.1, -0.05) is 0 Å². The van der Waals surface area contributed by atoms with E-state index < -0.39 is 11.6 Å². The molecule has 1 aromatic carbocycles. The highest BCUT2D eigenvalue weighted by atomic mass is 16.7. The number of nitrogens with one attached hydrogen (secondary N) is 1. The van der Waals surface area contributed by atoms with Crippen LogP contribution >= 0.6 is 0 Å². The van der Waals surface area contributed by atoms with Crippen LogP contribution in [0.2, 0.25) is 0 Å². The van der Waals surface area contributed by atoms with E-state index in [4.69, 9.17) is 9.94 Å². The van der Waals surface area contributed by atoms with E-state index in [2.05, 4.69) is 4.98 Å². The molecule has 6 heteroatoms. The molecule has 6 nitrogen and oxygen atoms in total. The van der Waals surface area contributed by atoms with Crippen LogP contribution in [-0.4, -0.2) is 28.1 Å². The molecule has 1 aromatic heterocycles. The predicted octanol–water partition coefficient (Wildman–Crippen LogP) is 2.56. The van der Waals surface area contributed by atoms with E-state index in [-0.39, 0.29) is 5.69 Å². The number of aromatic carboxylic acids is 1. The molecule has 0 spiro atoms. The molecule has 0 saturated carbocycles. The van der Waals surface area contributed by atoms with Crippen molar-refractivity contribution in [3.8, 4) is 0 Å². The Labute approximate surface area is 115 Å². The van der Waals surface area contributed by atoms with Gasteiger partial charge in [0.15, 0.2) is 0 Å². The van der Waals surface area contributed by atoms with E-state index in [1.54, 1.807) is 18.2 Å². The molecule has 2 rings (SSSR count). The van der Waals surface area contributed by atoms with Crippen molar-refractivity contribution in [2.75, 3.05) is 5.06 Å². The molecule has 0 aliphatic heterocycles. The fourth-order valence-electron chi connectivity index (χ4n) is 1.80. The minimum atomic E-state index is -1.03. The fraction of sp³-hybridized carbons (Fsp3) is 0.286. The lowest BCUT2D eigenvalue weighted by Crippen LogP contribution is -2.32.